The highest BCUT2D eigenvalue weighted by Gasteiger charge is 2.27. The molecule has 0 radical (unpaired) electrons. The lowest BCUT2D eigenvalue weighted by molar-refractivity contribution is -0.308. The number of hydrogen-bond donors (Lipinski definition) is 2. The minimum absolute atomic E-state index is 0.0770. The molecule has 0 saturated carbocycles. The van der Waals surface area contributed by atoms with Gasteiger partial charge in [-0.05, 0) is 42.2 Å². The van der Waals surface area contributed by atoms with Gasteiger partial charge in [-0.2, -0.15) is 0 Å². The molecule has 1 unspecified atom stereocenters. The summed E-state index contributed by atoms with van der Waals surface area (Å²) in [5.74, 6) is -1.37. The van der Waals surface area contributed by atoms with Gasteiger partial charge in [0.2, 0.25) is 0 Å². The number of rotatable bonds is 7. The van der Waals surface area contributed by atoms with Crippen LogP contribution in [0.3, 0.4) is 0 Å². The molecule has 0 spiro atoms. The number of carbonyl (C=O) groups excluding carboxylic acids is 2. The molecule has 0 aliphatic carbocycles. The summed E-state index contributed by atoms with van der Waals surface area (Å²) in [4.78, 5) is 27.4. The molecule has 33 heavy (non-hydrogen) atoms. The Balaban J connectivity index is 1.44. The van der Waals surface area contributed by atoms with Gasteiger partial charge in [-0.15, -0.1) is 0 Å². The average Bonchev–Trinajstić information content (AvgIpc) is 3.22. The van der Waals surface area contributed by atoms with Crippen LogP contribution in [0.15, 0.2) is 85.1 Å². The predicted octanol–water partition coefficient (Wildman–Crippen LogP) is 4.16. The van der Waals surface area contributed by atoms with Gasteiger partial charge in [0.05, 0.1) is 12.0 Å². The summed E-state index contributed by atoms with van der Waals surface area (Å²) >= 11 is 0. The van der Waals surface area contributed by atoms with E-state index < -0.39 is 23.7 Å². The Labute approximate surface area is 192 Å². The zero-order valence-electron chi connectivity index (χ0n) is 18.5. The third-order valence-corrected chi connectivity index (χ3v) is 5.71. The minimum atomic E-state index is -1.37. The number of hydrogen-bond acceptors (Lipinski definition) is 4. The molecule has 0 aliphatic rings. The van der Waals surface area contributed by atoms with E-state index in [1.807, 2.05) is 78.9 Å². The second-order valence-corrected chi connectivity index (χ2v) is 8.42. The summed E-state index contributed by atoms with van der Waals surface area (Å²) < 4.78 is 5.61. The lowest BCUT2D eigenvalue weighted by Gasteiger charge is -2.28. The Bertz CT molecular complexity index is 1260. The highest BCUT2D eigenvalue weighted by atomic mass is 16.6. The Morgan fingerprint density at radius 3 is 2.27 bits per heavy atom. The van der Waals surface area contributed by atoms with Crippen molar-refractivity contribution in [3.05, 3.63) is 96.2 Å². The highest BCUT2D eigenvalue weighted by molar-refractivity contribution is 5.85. The summed E-state index contributed by atoms with van der Waals surface area (Å²) in [6, 6.07) is 24.0. The summed E-state index contributed by atoms with van der Waals surface area (Å²) in [7, 11) is 0. The maximum atomic E-state index is 12.6. The number of ether oxygens (including phenoxy) is 1. The van der Waals surface area contributed by atoms with Gasteiger partial charge < -0.3 is 24.9 Å². The lowest BCUT2D eigenvalue weighted by atomic mass is 9.95. The van der Waals surface area contributed by atoms with Gasteiger partial charge in [0.25, 0.3) is 0 Å². The maximum Gasteiger partial charge on any atom is 0.408 e. The molecular formula is C27H25N2O4-. The van der Waals surface area contributed by atoms with Crippen LogP contribution in [0.1, 0.15) is 25.0 Å². The van der Waals surface area contributed by atoms with Crippen molar-refractivity contribution in [2.75, 3.05) is 0 Å². The first kappa shape index (κ1) is 22.1. The number of H-pyrrole nitrogens is 1. The van der Waals surface area contributed by atoms with E-state index >= 15 is 0 Å². The fraction of sp³-hybridized carbons (Fsp3) is 0.185. The van der Waals surface area contributed by atoms with Crippen LogP contribution in [0.4, 0.5) is 4.79 Å². The van der Waals surface area contributed by atoms with Gasteiger partial charge in [0.1, 0.15) is 5.60 Å². The topological polar surface area (TPSA) is 94.2 Å². The van der Waals surface area contributed by atoms with Gasteiger partial charge in [0, 0.05) is 23.5 Å². The first-order valence-electron chi connectivity index (χ1n) is 10.7. The van der Waals surface area contributed by atoms with E-state index in [1.165, 1.54) is 0 Å². The van der Waals surface area contributed by atoms with Crippen LogP contribution in [0.2, 0.25) is 0 Å². The van der Waals surface area contributed by atoms with Crippen LogP contribution in [-0.4, -0.2) is 23.1 Å². The molecule has 4 rings (SSSR count). The van der Waals surface area contributed by atoms with Crippen molar-refractivity contribution < 1.29 is 19.4 Å². The number of para-hydroxylation sites is 1. The van der Waals surface area contributed by atoms with Crippen molar-refractivity contribution in [2.24, 2.45) is 0 Å². The van der Waals surface area contributed by atoms with Gasteiger partial charge in [-0.25, -0.2) is 4.79 Å². The van der Waals surface area contributed by atoms with Crippen molar-refractivity contribution in [1.29, 1.82) is 0 Å². The number of carboxylic acid groups (broad SMARTS) is 1. The molecule has 168 valence electrons. The number of nitrogens with one attached hydrogen (secondary N) is 2. The molecule has 2 N–H and O–H groups in total. The Kier molecular flexibility index (Phi) is 6.18. The summed E-state index contributed by atoms with van der Waals surface area (Å²) in [5.41, 5.74) is 3.64. The number of fused-ring (bicyclic) bond motifs is 1. The Morgan fingerprint density at radius 1 is 0.939 bits per heavy atom. The van der Waals surface area contributed by atoms with Gasteiger partial charge in [0.15, 0.2) is 0 Å². The van der Waals surface area contributed by atoms with Crippen LogP contribution >= 0.6 is 0 Å². The number of carbonyl (C=O) groups is 2. The zero-order valence-corrected chi connectivity index (χ0v) is 18.5. The van der Waals surface area contributed by atoms with Crippen LogP contribution in [0.5, 0.6) is 0 Å². The second-order valence-electron chi connectivity index (χ2n) is 8.42. The van der Waals surface area contributed by atoms with Crippen molar-refractivity contribution in [3.63, 3.8) is 0 Å². The number of aromatic nitrogens is 1. The molecule has 3 aromatic carbocycles. The third-order valence-electron chi connectivity index (χ3n) is 5.71. The van der Waals surface area contributed by atoms with E-state index in [2.05, 4.69) is 10.3 Å². The molecule has 6 heteroatoms. The van der Waals surface area contributed by atoms with Crippen molar-refractivity contribution in [3.8, 4) is 11.1 Å². The number of alkyl carbamates (subject to hydrolysis) is 1. The van der Waals surface area contributed by atoms with Crippen molar-refractivity contribution in [1.82, 2.24) is 10.3 Å². The number of amides is 1. The number of carboxylic acids is 1. The first-order valence-corrected chi connectivity index (χ1v) is 10.7. The number of aliphatic carboxylic acids is 1. The normalized spacial score (nSPS) is 12.3. The van der Waals surface area contributed by atoms with Gasteiger partial charge >= 0.3 is 6.09 Å². The SMILES string of the molecule is CC(C)(OC(=O)NC(Cc1c[nH]c2ccccc12)C(=O)[O-])c1ccc(-c2ccccc2)cc1. The molecule has 0 saturated heterocycles. The van der Waals surface area contributed by atoms with E-state index in [-0.39, 0.29) is 6.42 Å². The van der Waals surface area contributed by atoms with Crippen LogP contribution < -0.4 is 10.4 Å². The first-order chi connectivity index (χ1) is 15.8. The van der Waals surface area contributed by atoms with Crippen molar-refractivity contribution >= 4 is 23.0 Å². The quantitative estimate of drug-likeness (QED) is 0.450. The molecule has 1 heterocycles. The van der Waals surface area contributed by atoms with E-state index in [1.54, 1.807) is 20.0 Å². The lowest BCUT2D eigenvalue weighted by Crippen LogP contribution is -2.50. The fourth-order valence-corrected chi connectivity index (χ4v) is 3.87. The second kappa shape index (κ2) is 9.20. The smallest absolute Gasteiger partial charge is 0.408 e. The number of benzene rings is 3. The maximum absolute atomic E-state index is 12.6. The van der Waals surface area contributed by atoms with Crippen molar-refractivity contribution in [2.45, 2.75) is 31.9 Å². The molecule has 4 aromatic rings. The Hall–Kier alpha value is -4.06. The van der Waals surface area contributed by atoms with Crippen LogP contribution in [-0.2, 0) is 21.6 Å². The monoisotopic (exact) mass is 441 g/mol. The van der Waals surface area contributed by atoms with E-state index in [4.69, 9.17) is 4.74 Å². The van der Waals surface area contributed by atoms with E-state index in [0.717, 1.165) is 33.2 Å². The molecule has 1 aromatic heterocycles. The van der Waals surface area contributed by atoms with Crippen LogP contribution in [0.25, 0.3) is 22.0 Å². The predicted molar refractivity (Wildman–Crippen MR) is 125 cm³/mol. The molecule has 0 bridgehead atoms. The minimum Gasteiger partial charge on any atom is -0.548 e. The standard InChI is InChI=1S/C27H26N2O4/c1-27(2,21-14-12-19(13-15-21)18-8-4-3-5-9-18)33-26(32)29-24(25(30)31)16-20-17-28-23-11-7-6-10-22(20)23/h3-15,17,24,28H,16H2,1-2H3,(H,29,32)(H,30,31)/p-1. The number of aromatic amines is 1. The molecule has 1 amide bonds. The molecule has 0 aliphatic heterocycles. The Morgan fingerprint density at radius 2 is 1.58 bits per heavy atom. The zero-order chi connectivity index (χ0) is 23.4. The fourth-order valence-electron chi connectivity index (χ4n) is 3.87. The van der Waals surface area contributed by atoms with Crippen LogP contribution in [0, 0.1) is 0 Å². The largest absolute Gasteiger partial charge is 0.548 e. The summed E-state index contributed by atoms with van der Waals surface area (Å²) in [5, 5.41) is 15.1. The third kappa shape index (κ3) is 5.06. The molecule has 6 nitrogen and oxygen atoms in total. The molecular weight excluding hydrogens is 416 g/mol. The molecule has 0 fully saturated rings. The highest BCUT2D eigenvalue weighted by Crippen LogP contribution is 2.28. The summed E-state index contributed by atoms with van der Waals surface area (Å²) in [6.07, 6.45) is 1.00. The van der Waals surface area contributed by atoms with E-state index in [9.17, 15) is 14.7 Å². The molecule has 1 atom stereocenters. The van der Waals surface area contributed by atoms with E-state index in [0.29, 0.717) is 0 Å². The van der Waals surface area contributed by atoms with Gasteiger partial charge in [-0.1, -0.05) is 72.8 Å². The van der Waals surface area contributed by atoms with Gasteiger partial charge in [-0.3, -0.25) is 0 Å². The average molecular weight is 442 g/mol. The summed E-state index contributed by atoms with van der Waals surface area (Å²) in [6.45, 7) is 3.52.